The molecule has 10 aliphatic rings. The van der Waals surface area contributed by atoms with Crippen LogP contribution in [0.2, 0.25) is 38.8 Å². The lowest BCUT2D eigenvalue weighted by atomic mass is 9.33. The van der Waals surface area contributed by atoms with Gasteiger partial charge < -0.3 is 19.6 Å². The summed E-state index contributed by atoms with van der Waals surface area (Å²) in [6, 6.07) is 89.4. The number of hydrogen-bond acceptors (Lipinski definition) is 6. The average molecular weight is 2020 g/mol. The van der Waals surface area contributed by atoms with Crippen LogP contribution in [0.15, 0.2) is 206 Å². The molecule has 0 atom stereocenters. The van der Waals surface area contributed by atoms with Crippen molar-refractivity contribution in [3.05, 3.63) is 284 Å². The Hall–Kier alpha value is -9.68. The lowest BCUT2D eigenvalue weighted by molar-refractivity contribution is 0.332. The molecule has 10 heteroatoms. The van der Waals surface area contributed by atoms with E-state index < -0.39 is 16.1 Å². The van der Waals surface area contributed by atoms with Crippen molar-refractivity contribution in [1.29, 1.82) is 0 Å². The van der Waals surface area contributed by atoms with Gasteiger partial charge >= 0.3 is 0 Å². The maximum atomic E-state index is 2.83. The molecule has 0 spiro atoms. The fraction of sp³-hybridized carbons (Fsp3) is 0.449. The summed E-state index contributed by atoms with van der Waals surface area (Å²) in [4.78, 5) is 11.3. The highest BCUT2D eigenvalue weighted by Crippen LogP contribution is 2.62. The fourth-order valence-corrected chi connectivity index (χ4v) is 36.5. The second kappa shape index (κ2) is 32.5. The number of rotatable bonds is 12. The molecule has 0 N–H and O–H groups in total. The van der Waals surface area contributed by atoms with Gasteiger partial charge in [0.15, 0.2) is 0 Å². The topological polar surface area (TPSA) is 13.0 Å². The average Bonchev–Trinajstić information content (AvgIpc) is 1.29. The highest BCUT2D eigenvalue weighted by atomic mass is 32.1. The minimum Gasteiger partial charge on any atom is -0.311 e. The predicted molar refractivity (Wildman–Crippen MR) is 656 cm³/mol. The second-order valence-electron chi connectivity index (χ2n) is 59.5. The van der Waals surface area contributed by atoms with Gasteiger partial charge in [-0.3, -0.25) is 0 Å². The molecular weight excluding hydrogens is 1860 g/mol. The zero-order valence-corrected chi connectivity index (χ0v) is 99.9. The predicted octanol–water partition coefficient (Wildman–Crippen LogP) is 34.8. The Bertz CT molecular complexity index is 7980. The Labute approximate surface area is 900 Å². The third-order valence-electron chi connectivity index (χ3n) is 40.8. The van der Waals surface area contributed by atoms with Crippen molar-refractivity contribution >= 4 is 182 Å². The molecule has 762 valence electrons. The number of benzene rings is 12. The van der Waals surface area contributed by atoms with E-state index in [2.05, 4.69) is 471 Å². The van der Waals surface area contributed by atoms with Crippen LogP contribution in [0.1, 0.15) is 362 Å². The molecule has 0 saturated heterocycles. The van der Waals surface area contributed by atoms with Crippen LogP contribution < -0.4 is 62.7 Å². The largest absolute Gasteiger partial charge is 0.311 e. The summed E-state index contributed by atoms with van der Waals surface area (Å²) < 4.78 is 2.74. The van der Waals surface area contributed by atoms with Crippen LogP contribution in [0.25, 0.3) is 42.4 Å². The van der Waals surface area contributed by atoms with Crippen LogP contribution >= 0.6 is 22.7 Å². The van der Waals surface area contributed by atoms with Crippen LogP contribution in [0, 0.1) is 0 Å². The van der Waals surface area contributed by atoms with Crippen molar-refractivity contribution in [2.24, 2.45) is 0 Å². The van der Waals surface area contributed by atoms with Crippen LogP contribution in [0.4, 0.5) is 66.9 Å². The zero-order chi connectivity index (χ0) is 105. The van der Waals surface area contributed by atoms with Crippen molar-refractivity contribution in [1.82, 2.24) is 0 Å². The molecule has 148 heavy (non-hydrogen) atoms. The summed E-state index contributed by atoms with van der Waals surface area (Å²) in [7, 11) is -4.14. The molecule has 4 aliphatic heterocycles. The van der Waals surface area contributed by atoms with Gasteiger partial charge in [0.2, 0.25) is 0 Å². The van der Waals surface area contributed by atoms with Gasteiger partial charge in [0.1, 0.15) is 0 Å². The molecule has 0 saturated carbocycles. The molecule has 24 rings (SSSR count). The van der Waals surface area contributed by atoms with Crippen molar-refractivity contribution in [2.45, 2.75) is 399 Å². The van der Waals surface area contributed by atoms with Crippen LogP contribution in [-0.4, -0.2) is 29.6 Å². The molecule has 4 nitrogen and oxygen atoms in total. The lowest BCUT2D eigenvalue weighted by Gasteiger charge is -2.48. The standard InChI is InChI=1S/C138H164B2N4S2Si2/c1-125(2,3)86-41-49-94-117(74-86)146-123-119(94)139-108-79-104-106(137(26,27)65-63-135(104,22)23)81-110(108)141(88-43-50-96-100(75-88)131(14,15)59-55-127(96,6)7)112-69-84(70-114(121(112)139)143(123)90-45-52-98-102(77-90)133(18,19)61-57-129(98,10)11)83-39-47-92(48-40-83)148(33,34)68-67-126(4,5)87-42-54-116-95(73-87)120-124(145-116)144(91-46-53-99-103(78-91)134(20,21)62-58-130(99,12)13)115-72-85(93-37-35-36-38-118(93)147(30,31)32)71-113-122(115)140(120)109-80-105-107(138(28,29)66-64-136(105,24)25)82-111(109)142(113)89-44-51-97-101(76-89)132(16,17)60-56-128(97,8)9/h35-54,69-82H,55-68H2,1-34H3. The quantitative estimate of drug-likeness (QED) is 0.113. The van der Waals surface area contributed by atoms with Crippen molar-refractivity contribution in [2.75, 3.05) is 19.6 Å². The Morgan fingerprint density at radius 2 is 0.608 bits per heavy atom. The first-order valence-electron chi connectivity index (χ1n) is 56.9. The van der Waals surface area contributed by atoms with Crippen molar-refractivity contribution in [3.63, 3.8) is 0 Å². The maximum absolute atomic E-state index is 2.83. The maximum Gasteiger partial charge on any atom is 0.254 e. The first-order chi connectivity index (χ1) is 69.0. The molecule has 0 bridgehead atoms. The normalized spacial score (nSPS) is 20.4. The van der Waals surface area contributed by atoms with Gasteiger partial charge in [0.25, 0.3) is 13.4 Å². The van der Waals surface area contributed by atoms with E-state index in [1.807, 2.05) is 11.3 Å². The molecule has 14 aromatic rings. The van der Waals surface area contributed by atoms with Gasteiger partial charge in [-0.15, -0.1) is 22.7 Å². The molecule has 0 radical (unpaired) electrons. The Morgan fingerprint density at radius 3 is 0.993 bits per heavy atom. The van der Waals surface area contributed by atoms with E-state index in [0.29, 0.717) is 0 Å². The molecule has 2 aromatic heterocycles. The zero-order valence-electron chi connectivity index (χ0n) is 96.3. The van der Waals surface area contributed by atoms with Crippen LogP contribution in [0.3, 0.4) is 0 Å². The summed E-state index contributed by atoms with van der Waals surface area (Å²) in [5.74, 6) is 0. The lowest BCUT2D eigenvalue weighted by Crippen LogP contribution is -2.61. The minimum atomic E-state index is -2.21. The summed E-state index contributed by atoms with van der Waals surface area (Å²) in [5, 5.41) is 8.53. The van der Waals surface area contributed by atoms with Gasteiger partial charge in [-0.2, -0.15) is 0 Å². The van der Waals surface area contributed by atoms with Gasteiger partial charge in [-0.05, 0) is 400 Å². The second-order valence-corrected chi connectivity index (χ2v) is 71.4. The number of nitrogens with zero attached hydrogens (tertiary/aromatic N) is 4. The van der Waals surface area contributed by atoms with E-state index in [-0.39, 0.29) is 89.2 Å². The van der Waals surface area contributed by atoms with E-state index in [1.165, 1.54) is 256 Å². The molecule has 0 amide bonds. The first-order valence-corrected chi connectivity index (χ1v) is 65.2. The Balaban J connectivity index is 0.669. The summed E-state index contributed by atoms with van der Waals surface area (Å²) in [6.45, 7) is 85.8. The van der Waals surface area contributed by atoms with Crippen molar-refractivity contribution in [3.8, 4) is 22.3 Å². The SMILES string of the molecule is CC(C)(C)c1ccc2c3c(sc2c1)N(c1ccc2c(c1)C(C)(C)CCC2(C)C)c1cc(-c2ccc([Si](C)(C)CCC(C)(C)c4ccc5sc6c(c5c4)B4c5cc7c(cc5N(c5ccc8c(c5)C(C)(C)CCC8(C)C)c5cc(-c8ccccc8[Si](C)(C)C)cc(c54)N6c4ccc5c(c4)C(C)(C)CCC5(C)C)C(C)(C)CCC7(C)C)cc2)cc2c1B3c1cc3c(cc1N2c1ccc2c(c1)C(C)(C)CCC2(C)C)C(C)(C)CCC3(C)C. The van der Waals surface area contributed by atoms with Crippen molar-refractivity contribution < 1.29 is 0 Å². The number of thiophene rings is 2. The summed E-state index contributed by atoms with van der Waals surface area (Å²) in [5.41, 5.74) is 47.6. The third kappa shape index (κ3) is 15.4. The van der Waals surface area contributed by atoms with Crippen LogP contribution in [-0.2, 0) is 75.8 Å². The highest BCUT2D eigenvalue weighted by molar-refractivity contribution is 7.27. The Morgan fingerprint density at radius 1 is 0.277 bits per heavy atom. The number of fused-ring (bicyclic) bond motifs is 18. The van der Waals surface area contributed by atoms with Gasteiger partial charge in [-0.25, -0.2) is 0 Å². The highest BCUT2D eigenvalue weighted by Gasteiger charge is 2.55. The third-order valence-corrected chi connectivity index (χ3v) is 48.5. The van der Waals surface area contributed by atoms with Gasteiger partial charge in [-0.1, -0.05) is 359 Å². The van der Waals surface area contributed by atoms with E-state index in [9.17, 15) is 0 Å². The molecule has 12 aromatic carbocycles. The minimum absolute atomic E-state index is 0.000324. The Kier molecular flexibility index (Phi) is 22.0. The molecule has 6 heterocycles. The van der Waals surface area contributed by atoms with E-state index in [1.54, 1.807) is 0 Å². The monoisotopic (exact) mass is 2020 g/mol. The summed E-state index contributed by atoms with van der Waals surface area (Å²) >= 11 is 4.09. The summed E-state index contributed by atoms with van der Waals surface area (Å²) in [6.07, 6.45) is 15.0. The molecule has 0 fully saturated rings. The number of hydrogen-bond donors (Lipinski definition) is 0. The smallest absolute Gasteiger partial charge is 0.254 e. The van der Waals surface area contributed by atoms with Gasteiger partial charge in [0.05, 0.1) is 26.1 Å². The molecular formula is C138H164B2N4S2Si2. The van der Waals surface area contributed by atoms with Crippen LogP contribution in [0.5, 0.6) is 0 Å². The molecule has 0 unspecified atom stereocenters. The van der Waals surface area contributed by atoms with E-state index in [0.717, 1.165) is 63.8 Å². The fourth-order valence-electron chi connectivity index (χ4n) is 29.7. The van der Waals surface area contributed by atoms with E-state index in [4.69, 9.17) is 0 Å². The van der Waals surface area contributed by atoms with E-state index >= 15 is 0 Å². The first kappa shape index (κ1) is 100. The number of anilines is 12. The van der Waals surface area contributed by atoms with Gasteiger partial charge in [0, 0.05) is 66.3 Å². The molecule has 6 aliphatic carbocycles.